The number of likely N-dealkylation sites (N-methyl/N-ethyl adjacent to an activating group) is 1. The summed E-state index contributed by atoms with van der Waals surface area (Å²) < 4.78 is 39.8. The zero-order valence-corrected chi connectivity index (χ0v) is 23.5. The van der Waals surface area contributed by atoms with Gasteiger partial charge in [-0.1, -0.05) is 6.07 Å². The summed E-state index contributed by atoms with van der Waals surface area (Å²) in [4.78, 5) is 27.6. The number of nitrogens with one attached hydrogen (secondary N) is 1. The van der Waals surface area contributed by atoms with Gasteiger partial charge in [-0.25, -0.2) is 0 Å². The van der Waals surface area contributed by atoms with E-state index in [1.165, 1.54) is 6.07 Å². The smallest absolute Gasteiger partial charge is 0.370 e. The largest absolute Gasteiger partial charge is 0.416 e. The van der Waals surface area contributed by atoms with Crippen LogP contribution in [0.15, 0.2) is 54.9 Å². The minimum atomic E-state index is -4.53. The van der Waals surface area contributed by atoms with Crippen LogP contribution in [-0.2, 0) is 16.4 Å². The maximum atomic E-state index is 14.0. The standard InChI is InChI=1S/C32H33F3N6O/c1-40-14-10-25(20-40)39-30(42)31(24-6-8-27(38-19-24)26-3-2-13-37-29(26)21-4-5-21)11-15-41(16-12-31)28-9-7-23(32(33,34)35)17-22(28)18-36/h2-3,6-9,13,17,19,21,25H,4-5,10-12,14-16,20H2,1H3,(H,39,42)/t25-/m0/s1. The first-order valence-electron chi connectivity index (χ1n) is 14.5. The van der Waals surface area contributed by atoms with Crippen LogP contribution in [0.5, 0.6) is 0 Å². The van der Waals surface area contributed by atoms with Crippen LogP contribution < -0.4 is 10.2 Å². The van der Waals surface area contributed by atoms with Crippen molar-refractivity contribution in [1.29, 1.82) is 5.26 Å². The predicted octanol–water partition coefficient (Wildman–Crippen LogP) is 5.27. The number of hydrogen-bond acceptors (Lipinski definition) is 6. The molecule has 1 N–H and O–H groups in total. The first-order chi connectivity index (χ1) is 20.2. The molecule has 3 aliphatic rings. The molecule has 0 unspecified atom stereocenters. The molecule has 1 aromatic carbocycles. The number of halogens is 3. The monoisotopic (exact) mass is 574 g/mol. The fraction of sp³-hybridized carbons (Fsp3) is 0.438. The van der Waals surface area contributed by atoms with Gasteiger partial charge in [-0.05, 0) is 87.7 Å². The fourth-order valence-corrected chi connectivity index (χ4v) is 6.38. The van der Waals surface area contributed by atoms with Crippen molar-refractivity contribution >= 4 is 11.6 Å². The number of carbonyl (C=O) groups is 1. The molecule has 4 heterocycles. The van der Waals surface area contributed by atoms with Crippen molar-refractivity contribution in [3.8, 4) is 17.3 Å². The van der Waals surface area contributed by atoms with Crippen molar-refractivity contribution in [1.82, 2.24) is 20.2 Å². The van der Waals surface area contributed by atoms with Crippen LogP contribution in [0, 0.1) is 11.3 Å². The van der Waals surface area contributed by atoms with Crippen LogP contribution in [0.4, 0.5) is 18.9 Å². The highest BCUT2D eigenvalue weighted by atomic mass is 19.4. The number of carbonyl (C=O) groups excluding carboxylic acids is 1. The molecular weight excluding hydrogens is 541 g/mol. The summed E-state index contributed by atoms with van der Waals surface area (Å²) in [6.45, 7) is 2.52. The number of anilines is 1. The number of likely N-dealkylation sites (tertiary alicyclic amines) is 1. The Bertz CT molecular complexity index is 1500. The first kappa shape index (κ1) is 28.2. The summed E-state index contributed by atoms with van der Waals surface area (Å²) in [5.74, 6) is 0.419. The molecule has 3 fully saturated rings. The second kappa shape index (κ2) is 11.0. The van der Waals surface area contributed by atoms with Gasteiger partial charge in [0.2, 0.25) is 5.91 Å². The molecule has 0 spiro atoms. The zero-order chi connectivity index (χ0) is 29.5. The second-order valence-corrected chi connectivity index (χ2v) is 11.8. The summed E-state index contributed by atoms with van der Waals surface area (Å²) in [5.41, 5.74) is 2.45. The van der Waals surface area contributed by atoms with E-state index in [-0.39, 0.29) is 17.5 Å². The topological polar surface area (TPSA) is 85.2 Å². The summed E-state index contributed by atoms with van der Waals surface area (Å²) >= 11 is 0. The maximum Gasteiger partial charge on any atom is 0.416 e. The third-order valence-corrected chi connectivity index (χ3v) is 8.96. The minimum absolute atomic E-state index is 0.0234. The SMILES string of the molecule is CN1CC[C@H](NC(=O)C2(c3ccc(-c4cccnc4C4CC4)nc3)CCN(c3ccc(C(F)(F)F)cc3C#N)CC2)C1. The number of aromatic nitrogens is 2. The van der Waals surface area contributed by atoms with Crippen molar-refractivity contribution in [2.45, 2.75) is 55.7 Å². The van der Waals surface area contributed by atoms with E-state index in [4.69, 9.17) is 4.98 Å². The van der Waals surface area contributed by atoms with Gasteiger partial charge in [-0.15, -0.1) is 0 Å². The summed E-state index contributed by atoms with van der Waals surface area (Å²) in [6.07, 6.45) is 3.10. The third kappa shape index (κ3) is 5.45. The molecule has 6 rings (SSSR count). The summed E-state index contributed by atoms with van der Waals surface area (Å²) in [5, 5.41) is 12.9. The number of nitrogens with zero attached hydrogens (tertiary/aromatic N) is 5. The third-order valence-electron chi connectivity index (χ3n) is 8.96. The van der Waals surface area contributed by atoms with Crippen molar-refractivity contribution in [3.05, 3.63) is 77.2 Å². The van der Waals surface area contributed by atoms with Crippen LogP contribution in [0.3, 0.4) is 0 Å². The number of benzene rings is 1. The van der Waals surface area contributed by atoms with E-state index in [9.17, 15) is 23.2 Å². The molecule has 1 saturated carbocycles. The van der Waals surface area contributed by atoms with E-state index in [2.05, 4.69) is 15.2 Å². The average Bonchev–Trinajstić information content (AvgIpc) is 3.77. The highest BCUT2D eigenvalue weighted by Crippen LogP contribution is 2.44. The molecule has 7 nitrogen and oxygen atoms in total. The fourth-order valence-electron chi connectivity index (χ4n) is 6.38. The molecule has 0 radical (unpaired) electrons. The molecule has 0 bridgehead atoms. The Morgan fingerprint density at radius 1 is 1.07 bits per heavy atom. The maximum absolute atomic E-state index is 14.0. The quantitative estimate of drug-likeness (QED) is 0.432. The number of pyridine rings is 2. The Labute approximate surface area is 243 Å². The van der Waals surface area contributed by atoms with E-state index in [1.54, 1.807) is 6.20 Å². The number of hydrogen-bond donors (Lipinski definition) is 1. The Hall–Kier alpha value is -3.97. The van der Waals surface area contributed by atoms with Gasteiger partial charge in [0.05, 0.1) is 33.6 Å². The van der Waals surface area contributed by atoms with E-state index < -0.39 is 17.2 Å². The number of piperidine rings is 1. The van der Waals surface area contributed by atoms with E-state index >= 15 is 0 Å². The number of amides is 1. The molecule has 1 aliphatic carbocycles. The Morgan fingerprint density at radius 2 is 1.86 bits per heavy atom. The van der Waals surface area contributed by atoms with E-state index in [0.717, 1.165) is 67.0 Å². The molecule has 218 valence electrons. The van der Waals surface area contributed by atoms with Gasteiger partial charge < -0.3 is 15.1 Å². The van der Waals surface area contributed by atoms with E-state index in [1.807, 2.05) is 48.5 Å². The molecule has 2 aliphatic heterocycles. The highest BCUT2D eigenvalue weighted by Gasteiger charge is 2.45. The lowest BCUT2D eigenvalue weighted by molar-refractivity contribution is -0.137. The Balaban J connectivity index is 1.29. The number of alkyl halides is 3. The lowest BCUT2D eigenvalue weighted by Gasteiger charge is -2.42. The molecule has 42 heavy (non-hydrogen) atoms. The van der Waals surface area contributed by atoms with Gasteiger partial charge in [-0.3, -0.25) is 14.8 Å². The Morgan fingerprint density at radius 3 is 2.48 bits per heavy atom. The zero-order valence-electron chi connectivity index (χ0n) is 23.5. The Kier molecular flexibility index (Phi) is 7.39. The van der Waals surface area contributed by atoms with Crippen molar-refractivity contribution in [2.75, 3.05) is 38.1 Å². The molecule has 3 aromatic rings. The molecule has 2 aromatic heterocycles. The van der Waals surface area contributed by atoms with Gasteiger partial charge >= 0.3 is 6.18 Å². The molecule has 10 heteroatoms. The van der Waals surface area contributed by atoms with Crippen LogP contribution in [0.1, 0.15) is 60.4 Å². The van der Waals surface area contributed by atoms with Gasteiger partial charge in [0.25, 0.3) is 0 Å². The molecule has 1 atom stereocenters. The molecule has 2 saturated heterocycles. The lowest BCUT2D eigenvalue weighted by atomic mass is 9.72. The van der Waals surface area contributed by atoms with Crippen molar-refractivity contribution in [2.24, 2.45) is 0 Å². The normalized spacial score (nSPS) is 20.7. The van der Waals surface area contributed by atoms with Gasteiger partial charge in [0.15, 0.2) is 0 Å². The summed E-state index contributed by atoms with van der Waals surface area (Å²) in [6, 6.07) is 13.2. The number of nitriles is 1. The van der Waals surface area contributed by atoms with Gasteiger partial charge in [-0.2, -0.15) is 18.4 Å². The lowest BCUT2D eigenvalue weighted by Crippen LogP contribution is -2.54. The van der Waals surface area contributed by atoms with Crippen LogP contribution in [-0.4, -0.2) is 60.0 Å². The number of rotatable bonds is 6. The average molecular weight is 575 g/mol. The summed E-state index contributed by atoms with van der Waals surface area (Å²) in [7, 11) is 2.04. The van der Waals surface area contributed by atoms with Gasteiger partial charge in [0, 0.05) is 49.6 Å². The van der Waals surface area contributed by atoms with Gasteiger partial charge in [0.1, 0.15) is 6.07 Å². The molecule has 1 amide bonds. The van der Waals surface area contributed by atoms with Crippen LogP contribution in [0.25, 0.3) is 11.3 Å². The first-order valence-corrected chi connectivity index (χ1v) is 14.5. The molecular formula is C32H33F3N6O. The minimum Gasteiger partial charge on any atom is -0.370 e. The van der Waals surface area contributed by atoms with Crippen LogP contribution in [0.2, 0.25) is 0 Å². The van der Waals surface area contributed by atoms with Crippen molar-refractivity contribution in [3.63, 3.8) is 0 Å². The van der Waals surface area contributed by atoms with Crippen molar-refractivity contribution < 1.29 is 18.0 Å². The second-order valence-electron chi connectivity index (χ2n) is 11.8. The van der Waals surface area contributed by atoms with Crippen LogP contribution >= 0.6 is 0 Å². The highest BCUT2D eigenvalue weighted by molar-refractivity contribution is 5.89. The van der Waals surface area contributed by atoms with E-state index in [0.29, 0.717) is 37.5 Å². The predicted molar refractivity (Wildman–Crippen MR) is 153 cm³/mol.